The second kappa shape index (κ2) is 2.90. The maximum Gasteiger partial charge on any atom is 0.0640 e. The summed E-state index contributed by atoms with van der Waals surface area (Å²) < 4.78 is 1.81. The van der Waals surface area contributed by atoms with Crippen LogP contribution in [-0.4, -0.2) is 21.5 Å². The molecule has 2 rings (SSSR count). The van der Waals surface area contributed by atoms with Crippen LogP contribution >= 0.6 is 0 Å². The number of aromatic nitrogens is 2. The predicted molar refractivity (Wildman–Crippen MR) is 45.8 cm³/mol. The van der Waals surface area contributed by atoms with Crippen LogP contribution in [0.2, 0.25) is 0 Å². The van der Waals surface area contributed by atoms with Crippen molar-refractivity contribution < 1.29 is 5.11 Å². The van der Waals surface area contributed by atoms with Gasteiger partial charge in [-0.2, -0.15) is 5.10 Å². The molecule has 66 valence electrons. The molecule has 2 unspecified atom stereocenters. The lowest BCUT2D eigenvalue weighted by atomic mass is 10.2. The number of hydrogen-bond acceptors (Lipinski definition) is 2. The summed E-state index contributed by atoms with van der Waals surface area (Å²) in [5.41, 5.74) is 1.33. The first-order chi connectivity index (χ1) is 5.81. The van der Waals surface area contributed by atoms with E-state index in [1.54, 1.807) is 4.68 Å². The summed E-state index contributed by atoms with van der Waals surface area (Å²) in [6.07, 6.45) is 5.26. The van der Waals surface area contributed by atoms with Gasteiger partial charge in [0, 0.05) is 6.20 Å². The zero-order chi connectivity index (χ0) is 8.55. The number of hydrogen-bond donors (Lipinski definition) is 1. The van der Waals surface area contributed by atoms with E-state index in [2.05, 4.69) is 12.0 Å². The Balaban J connectivity index is 2.04. The highest BCUT2D eigenvalue weighted by Gasteiger charge is 2.34. The third-order valence-corrected chi connectivity index (χ3v) is 2.52. The van der Waals surface area contributed by atoms with Crippen molar-refractivity contribution in [2.24, 2.45) is 5.92 Å². The van der Waals surface area contributed by atoms with E-state index in [9.17, 15) is 0 Å². The van der Waals surface area contributed by atoms with Gasteiger partial charge >= 0.3 is 0 Å². The molecular weight excluding hydrogens is 152 g/mol. The highest BCUT2D eigenvalue weighted by atomic mass is 16.3. The molecule has 0 aromatic carbocycles. The fourth-order valence-corrected chi connectivity index (χ4v) is 1.58. The van der Waals surface area contributed by atoms with Gasteiger partial charge in [0.05, 0.1) is 19.3 Å². The molecule has 0 aliphatic heterocycles. The van der Waals surface area contributed by atoms with Crippen molar-refractivity contribution >= 4 is 0 Å². The molecule has 1 aromatic heterocycles. The highest BCUT2D eigenvalue weighted by Crippen LogP contribution is 2.46. The monoisotopic (exact) mass is 166 g/mol. The Morgan fingerprint density at radius 1 is 1.75 bits per heavy atom. The van der Waals surface area contributed by atoms with E-state index < -0.39 is 0 Å². The fourth-order valence-electron chi connectivity index (χ4n) is 1.58. The lowest BCUT2D eigenvalue weighted by molar-refractivity contribution is 0.269. The van der Waals surface area contributed by atoms with Crippen molar-refractivity contribution in [2.45, 2.75) is 25.8 Å². The minimum atomic E-state index is 0.168. The van der Waals surface area contributed by atoms with Crippen LogP contribution in [0.4, 0.5) is 0 Å². The Hall–Kier alpha value is -0.830. The highest BCUT2D eigenvalue weighted by molar-refractivity contribution is 5.19. The number of aliphatic hydroxyl groups is 1. The van der Waals surface area contributed by atoms with Crippen molar-refractivity contribution in [3.63, 3.8) is 0 Å². The molecule has 1 saturated carbocycles. The van der Waals surface area contributed by atoms with Gasteiger partial charge in [0.2, 0.25) is 0 Å². The van der Waals surface area contributed by atoms with Crippen molar-refractivity contribution in [1.29, 1.82) is 0 Å². The predicted octanol–water partition coefficient (Wildman–Crippen LogP) is 0.999. The summed E-state index contributed by atoms with van der Waals surface area (Å²) in [5.74, 6) is 1.56. The first kappa shape index (κ1) is 7.80. The number of nitrogens with zero attached hydrogens (tertiary/aromatic N) is 2. The summed E-state index contributed by atoms with van der Waals surface area (Å²) in [6.45, 7) is 3.04. The summed E-state index contributed by atoms with van der Waals surface area (Å²) in [7, 11) is 0. The molecule has 1 heterocycles. The fraction of sp³-hybridized carbons (Fsp3) is 0.667. The van der Waals surface area contributed by atoms with E-state index in [-0.39, 0.29) is 6.61 Å². The van der Waals surface area contributed by atoms with Gasteiger partial charge in [-0.3, -0.25) is 4.68 Å². The van der Waals surface area contributed by atoms with Crippen LogP contribution in [0.15, 0.2) is 12.4 Å². The van der Waals surface area contributed by atoms with E-state index in [1.165, 1.54) is 12.0 Å². The largest absolute Gasteiger partial charge is 0.394 e. The third kappa shape index (κ3) is 1.37. The minimum Gasteiger partial charge on any atom is -0.394 e. The molecule has 12 heavy (non-hydrogen) atoms. The summed E-state index contributed by atoms with van der Waals surface area (Å²) >= 11 is 0. The third-order valence-electron chi connectivity index (χ3n) is 2.52. The van der Waals surface area contributed by atoms with Crippen molar-refractivity contribution in [3.05, 3.63) is 18.0 Å². The van der Waals surface area contributed by atoms with Gasteiger partial charge in [0.1, 0.15) is 0 Å². The molecule has 2 atom stereocenters. The van der Waals surface area contributed by atoms with E-state index in [0.717, 1.165) is 11.8 Å². The zero-order valence-electron chi connectivity index (χ0n) is 7.27. The van der Waals surface area contributed by atoms with Crippen molar-refractivity contribution in [2.75, 3.05) is 6.61 Å². The van der Waals surface area contributed by atoms with E-state index >= 15 is 0 Å². The van der Waals surface area contributed by atoms with Crippen molar-refractivity contribution in [3.8, 4) is 0 Å². The summed E-state index contributed by atoms with van der Waals surface area (Å²) in [6, 6.07) is 0. The summed E-state index contributed by atoms with van der Waals surface area (Å²) in [5, 5.41) is 12.8. The van der Waals surface area contributed by atoms with Crippen LogP contribution in [0, 0.1) is 5.92 Å². The van der Waals surface area contributed by atoms with Crippen LogP contribution < -0.4 is 0 Å². The van der Waals surface area contributed by atoms with Gasteiger partial charge in [-0.25, -0.2) is 0 Å². The molecule has 0 amide bonds. The zero-order valence-corrected chi connectivity index (χ0v) is 7.27. The Kier molecular flexibility index (Phi) is 1.89. The van der Waals surface area contributed by atoms with Gasteiger partial charge in [0.15, 0.2) is 0 Å². The second-order valence-corrected chi connectivity index (χ2v) is 3.58. The average Bonchev–Trinajstić information content (AvgIpc) is 2.62. The van der Waals surface area contributed by atoms with Gasteiger partial charge in [-0.05, 0) is 23.8 Å². The second-order valence-electron chi connectivity index (χ2n) is 3.58. The number of rotatable bonds is 3. The lowest BCUT2D eigenvalue weighted by Crippen LogP contribution is -2.01. The van der Waals surface area contributed by atoms with Crippen molar-refractivity contribution in [1.82, 2.24) is 9.78 Å². The van der Waals surface area contributed by atoms with Crippen LogP contribution in [0.1, 0.15) is 24.8 Å². The average molecular weight is 166 g/mol. The maximum atomic E-state index is 8.67. The maximum absolute atomic E-state index is 8.67. The molecular formula is C9H14N2O. The van der Waals surface area contributed by atoms with Crippen LogP contribution in [0.25, 0.3) is 0 Å². The van der Waals surface area contributed by atoms with Crippen LogP contribution in [0.3, 0.4) is 0 Å². The first-order valence-corrected chi connectivity index (χ1v) is 4.44. The Morgan fingerprint density at radius 2 is 2.50 bits per heavy atom. The summed E-state index contributed by atoms with van der Waals surface area (Å²) in [4.78, 5) is 0. The molecule has 0 spiro atoms. The van der Waals surface area contributed by atoms with Gasteiger partial charge < -0.3 is 5.11 Å². The number of aliphatic hydroxyl groups excluding tert-OH is 1. The molecule has 3 nitrogen and oxygen atoms in total. The van der Waals surface area contributed by atoms with Gasteiger partial charge in [-0.15, -0.1) is 0 Å². The normalized spacial score (nSPS) is 27.5. The molecule has 0 radical (unpaired) electrons. The molecule has 3 heteroatoms. The Morgan fingerprint density at radius 3 is 3.08 bits per heavy atom. The lowest BCUT2D eigenvalue weighted by Gasteiger charge is -1.94. The molecule has 1 N–H and O–H groups in total. The minimum absolute atomic E-state index is 0.168. The molecule has 0 bridgehead atoms. The Labute approximate surface area is 72.0 Å². The van der Waals surface area contributed by atoms with E-state index in [4.69, 9.17) is 5.11 Å². The van der Waals surface area contributed by atoms with Crippen LogP contribution in [0.5, 0.6) is 0 Å². The van der Waals surface area contributed by atoms with Gasteiger partial charge in [0.25, 0.3) is 0 Å². The molecule has 0 saturated heterocycles. The molecule has 1 fully saturated rings. The van der Waals surface area contributed by atoms with E-state index in [1.807, 2.05) is 12.4 Å². The topological polar surface area (TPSA) is 38.0 Å². The first-order valence-electron chi connectivity index (χ1n) is 4.44. The van der Waals surface area contributed by atoms with E-state index in [0.29, 0.717) is 6.54 Å². The Bertz CT molecular complexity index is 269. The SMILES string of the molecule is CC1CC1c1cnn(CCO)c1. The molecule has 1 aromatic rings. The quantitative estimate of drug-likeness (QED) is 0.727. The van der Waals surface area contributed by atoms with Gasteiger partial charge in [-0.1, -0.05) is 6.92 Å². The van der Waals surface area contributed by atoms with Crippen LogP contribution in [-0.2, 0) is 6.54 Å². The smallest absolute Gasteiger partial charge is 0.0640 e. The standard InChI is InChI=1S/C9H14N2O/c1-7-4-9(7)8-5-10-11(6-8)2-3-12/h5-7,9,12H,2-4H2,1H3. The molecule has 1 aliphatic rings. The molecule has 1 aliphatic carbocycles.